The molecule has 0 aliphatic rings. The monoisotopic (exact) mass is 332 g/mol. The first-order chi connectivity index (χ1) is 8.58. The second-order valence-corrected chi connectivity index (χ2v) is 4.75. The summed E-state index contributed by atoms with van der Waals surface area (Å²) in [5.41, 5.74) is 0.600. The molecular weight excluding hydrogens is 319 g/mol. The van der Waals surface area contributed by atoms with Gasteiger partial charge in [0.1, 0.15) is 12.4 Å². The molecule has 1 aromatic carbocycles. The maximum atomic E-state index is 11.3. The molecule has 0 radical (unpaired) electrons. The van der Waals surface area contributed by atoms with Crippen LogP contribution in [-0.2, 0) is 9.53 Å². The fourth-order valence-corrected chi connectivity index (χ4v) is 2.12. The largest absolute Gasteiger partial charge is 0.488 e. The van der Waals surface area contributed by atoms with E-state index in [9.17, 15) is 4.79 Å². The third-order valence-corrected chi connectivity index (χ3v) is 3.15. The van der Waals surface area contributed by atoms with Gasteiger partial charge < -0.3 is 9.47 Å². The molecule has 0 heterocycles. The molecule has 0 amide bonds. The predicted octanol–water partition coefficient (Wildman–Crippen LogP) is 3.99. The molecule has 0 spiro atoms. The molecule has 1 rings (SSSR count). The number of esters is 1. The quantitative estimate of drug-likeness (QED) is 0.604. The standard InChI is InChI=1S/C13H14BrClO3/c1-3-9(13(16)17-2)6-7-18-12-5-4-10(15)8-11(12)14/h4-6,8H,3,7H2,1-2H3. The third kappa shape index (κ3) is 4.35. The van der Waals surface area contributed by atoms with Crippen LogP contribution in [0.3, 0.4) is 0 Å². The highest BCUT2D eigenvalue weighted by Crippen LogP contribution is 2.27. The zero-order valence-corrected chi connectivity index (χ0v) is 12.5. The van der Waals surface area contributed by atoms with Gasteiger partial charge in [-0.2, -0.15) is 0 Å². The Morgan fingerprint density at radius 3 is 2.78 bits per heavy atom. The molecule has 0 aliphatic carbocycles. The number of carbonyl (C=O) groups excluding carboxylic acids is 1. The first kappa shape index (κ1) is 15.1. The predicted molar refractivity (Wildman–Crippen MR) is 75.0 cm³/mol. The van der Waals surface area contributed by atoms with Gasteiger partial charge in [0.15, 0.2) is 0 Å². The van der Waals surface area contributed by atoms with Gasteiger partial charge >= 0.3 is 5.97 Å². The summed E-state index contributed by atoms with van der Waals surface area (Å²) >= 11 is 9.18. The van der Waals surface area contributed by atoms with Crippen LogP contribution in [0.15, 0.2) is 34.3 Å². The summed E-state index contributed by atoms with van der Waals surface area (Å²) in [5, 5.41) is 0.633. The molecule has 0 bridgehead atoms. The zero-order chi connectivity index (χ0) is 13.5. The van der Waals surface area contributed by atoms with Crippen LogP contribution >= 0.6 is 27.5 Å². The summed E-state index contributed by atoms with van der Waals surface area (Å²) < 4.78 is 11.0. The molecule has 0 N–H and O–H groups in total. The molecule has 0 saturated heterocycles. The molecule has 0 fully saturated rings. The number of halogens is 2. The second kappa shape index (κ2) is 7.44. The van der Waals surface area contributed by atoms with Gasteiger partial charge in [-0.25, -0.2) is 4.79 Å². The third-order valence-electron chi connectivity index (χ3n) is 2.29. The molecule has 3 nitrogen and oxygen atoms in total. The van der Waals surface area contributed by atoms with Crippen molar-refractivity contribution in [2.45, 2.75) is 13.3 Å². The Kier molecular flexibility index (Phi) is 6.22. The Hall–Kier alpha value is -1.00. The van der Waals surface area contributed by atoms with Crippen molar-refractivity contribution in [3.8, 4) is 5.75 Å². The van der Waals surface area contributed by atoms with Gasteiger partial charge in [0.25, 0.3) is 0 Å². The van der Waals surface area contributed by atoms with Crippen molar-refractivity contribution < 1.29 is 14.3 Å². The van der Waals surface area contributed by atoms with Crippen LogP contribution in [0, 0.1) is 0 Å². The number of ether oxygens (including phenoxy) is 2. The number of hydrogen-bond acceptors (Lipinski definition) is 3. The second-order valence-electron chi connectivity index (χ2n) is 3.46. The Labute approximate surface area is 120 Å². The molecule has 0 unspecified atom stereocenters. The molecule has 5 heteroatoms. The van der Waals surface area contributed by atoms with E-state index >= 15 is 0 Å². The lowest BCUT2D eigenvalue weighted by Crippen LogP contribution is -2.06. The van der Waals surface area contributed by atoms with Crippen molar-refractivity contribution >= 4 is 33.5 Å². The first-order valence-corrected chi connectivity index (χ1v) is 6.60. The van der Waals surface area contributed by atoms with E-state index in [2.05, 4.69) is 20.7 Å². The van der Waals surface area contributed by atoms with Gasteiger partial charge in [0.05, 0.1) is 11.6 Å². The number of hydrogen-bond donors (Lipinski definition) is 0. The lowest BCUT2D eigenvalue weighted by atomic mass is 10.2. The number of rotatable bonds is 5. The molecule has 0 aromatic heterocycles. The van der Waals surface area contributed by atoms with Crippen molar-refractivity contribution in [3.05, 3.63) is 39.3 Å². The maximum Gasteiger partial charge on any atom is 0.333 e. The van der Waals surface area contributed by atoms with E-state index < -0.39 is 0 Å². The molecular formula is C13H14BrClO3. The fraction of sp³-hybridized carbons (Fsp3) is 0.308. The van der Waals surface area contributed by atoms with Crippen LogP contribution in [-0.4, -0.2) is 19.7 Å². The van der Waals surface area contributed by atoms with E-state index in [0.29, 0.717) is 29.4 Å². The Morgan fingerprint density at radius 1 is 1.50 bits per heavy atom. The van der Waals surface area contributed by atoms with Gasteiger partial charge in [0, 0.05) is 10.6 Å². The minimum absolute atomic E-state index is 0.304. The molecule has 18 heavy (non-hydrogen) atoms. The molecule has 0 saturated carbocycles. The van der Waals surface area contributed by atoms with Crippen LogP contribution in [0.1, 0.15) is 13.3 Å². The van der Waals surface area contributed by atoms with Crippen molar-refractivity contribution in [1.82, 2.24) is 0 Å². The van der Waals surface area contributed by atoms with Crippen molar-refractivity contribution in [2.24, 2.45) is 0 Å². The highest BCUT2D eigenvalue weighted by molar-refractivity contribution is 9.10. The summed E-state index contributed by atoms with van der Waals surface area (Å²) in [6.45, 7) is 2.19. The average Bonchev–Trinajstić information content (AvgIpc) is 2.36. The van der Waals surface area contributed by atoms with E-state index in [4.69, 9.17) is 16.3 Å². The van der Waals surface area contributed by atoms with Gasteiger partial charge in [-0.15, -0.1) is 0 Å². The van der Waals surface area contributed by atoms with Crippen LogP contribution in [0.25, 0.3) is 0 Å². The highest BCUT2D eigenvalue weighted by Gasteiger charge is 2.06. The van der Waals surface area contributed by atoms with Crippen molar-refractivity contribution in [1.29, 1.82) is 0 Å². The average molecular weight is 334 g/mol. The smallest absolute Gasteiger partial charge is 0.333 e. The lowest BCUT2D eigenvalue weighted by Gasteiger charge is -2.07. The Bertz CT molecular complexity index is 458. The SMILES string of the molecule is CCC(=CCOc1ccc(Cl)cc1Br)C(=O)OC. The maximum absolute atomic E-state index is 11.3. The Balaban J connectivity index is 2.65. The minimum Gasteiger partial charge on any atom is -0.488 e. The summed E-state index contributed by atoms with van der Waals surface area (Å²) in [5.74, 6) is 0.354. The van der Waals surface area contributed by atoms with Crippen LogP contribution in [0.5, 0.6) is 5.75 Å². The van der Waals surface area contributed by atoms with Gasteiger partial charge in [0.2, 0.25) is 0 Å². The highest BCUT2D eigenvalue weighted by atomic mass is 79.9. The minimum atomic E-state index is -0.323. The molecule has 0 atom stereocenters. The molecule has 0 aliphatic heterocycles. The summed E-state index contributed by atoms with van der Waals surface area (Å²) in [6.07, 6.45) is 2.32. The fourth-order valence-electron chi connectivity index (χ4n) is 1.33. The number of benzene rings is 1. The topological polar surface area (TPSA) is 35.5 Å². The van der Waals surface area contributed by atoms with Crippen molar-refractivity contribution in [3.63, 3.8) is 0 Å². The Morgan fingerprint density at radius 2 is 2.22 bits per heavy atom. The van der Waals surface area contributed by atoms with E-state index in [-0.39, 0.29) is 5.97 Å². The van der Waals surface area contributed by atoms with Gasteiger partial charge in [-0.05, 0) is 46.6 Å². The van der Waals surface area contributed by atoms with Crippen molar-refractivity contribution in [2.75, 3.05) is 13.7 Å². The number of carbonyl (C=O) groups is 1. The zero-order valence-electron chi connectivity index (χ0n) is 10.2. The van der Waals surface area contributed by atoms with Gasteiger partial charge in [-0.3, -0.25) is 0 Å². The van der Waals surface area contributed by atoms with Crippen LogP contribution in [0.4, 0.5) is 0 Å². The van der Waals surface area contributed by atoms with Crippen LogP contribution < -0.4 is 4.74 Å². The van der Waals surface area contributed by atoms with E-state index in [1.165, 1.54) is 7.11 Å². The lowest BCUT2D eigenvalue weighted by molar-refractivity contribution is -0.136. The number of methoxy groups -OCH3 is 1. The summed E-state index contributed by atoms with van der Waals surface area (Å²) in [4.78, 5) is 11.3. The first-order valence-electron chi connectivity index (χ1n) is 5.43. The van der Waals surface area contributed by atoms with E-state index in [1.54, 1.807) is 24.3 Å². The van der Waals surface area contributed by atoms with E-state index in [0.717, 1.165) is 4.47 Å². The van der Waals surface area contributed by atoms with Gasteiger partial charge in [-0.1, -0.05) is 18.5 Å². The van der Waals surface area contributed by atoms with E-state index in [1.807, 2.05) is 6.92 Å². The summed E-state index contributed by atoms with van der Waals surface area (Å²) in [6, 6.07) is 5.26. The molecule has 98 valence electrons. The molecule has 1 aromatic rings. The summed E-state index contributed by atoms with van der Waals surface area (Å²) in [7, 11) is 1.36. The normalized spacial score (nSPS) is 11.2. The van der Waals surface area contributed by atoms with Crippen LogP contribution in [0.2, 0.25) is 5.02 Å².